The van der Waals surface area contributed by atoms with Gasteiger partial charge in [-0.25, -0.2) is 0 Å². The Balaban J connectivity index is 2.53. The van der Waals surface area contributed by atoms with Gasteiger partial charge in [0.05, 0.1) is 0 Å². The molecule has 0 saturated carbocycles. The lowest BCUT2D eigenvalue weighted by atomic mass is 10.1. The number of rotatable bonds is 3. The first kappa shape index (κ1) is 9.30. The van der Waals surface area contributed by atoms with Crippen LogP contribution in [0.3, 0.4) is 0 Å². The van der Waals surface area contributed by atoms with Gasteiger partial charge >= 0.3 is 0 Å². The van der Waals surface area contributed by atoms with E-state index in [4.69, 9.17) is 17.3 Å². The van der Waals surface area contributed by atoms with E-state index in [9.17, 15) is 0 Å². The Labute approximate surface area is 77.8 Å². The van der Waals surface area contributed by atoms with Gasteiger partial charge in [0.15, 0.2) is 0 Å². The molecule has 1 rings (SSSR count). The Morgan fingerprint density at radius 1 is 1.17 bits per heavy atom. The second-order valence-electron chi connectivity index (χ2n) is 2.54. The molecule has 0 saturated heterocycles. The lowest BCUT2D eigenvalue weighted by Gasteiger charge is -1.95. The molecule has 2 heteroatoms. The largest absolute Gasteiger partial charge is 0.327 e. The summed E-state index contributed by atoms with van der Waals surface area (Å²) in [5.41, 5.74) is 6.56. The van der Waals surface area contributed by atoms with Gasteiger partial charge in [0.2, 0.25) is 0 Å². The van der Waals surface area contributed by atoms with Gasteiger partial charge in [0.25, 0.3) is 0 Å². The van der Waals surface area contributed by atoms with E-state index in [1.807, 2.05) is 30.3 Å². The fourth-order valence-corrected chi connectivity index (χ4v) is 1.06. The molecule has 0 aliphatic heterocycles. The van der Waals surface area contributed by atoms with Crippen LogP contribution in [0.2, 0.25) is 5.02 Å². The maximum Gasteiger partial charge on any atom is 0.0406 e. The van der Waals surface area contributed by atoms with E-state index in [1.165, 1.54) is 5.56 Å². The normalized spacial score (nSPS) is 10.8. The van der Waals surface area contributed by atoms with E-state index in [-0.39, 0.29) is 0 Å². The Morgan fingerprint density at radius 3 is 2.42 bits per heavy atom. The van der Waals surface area contributed by atoms with Crippen molar-refractivity contribution >= 4 is 11.6 Å². The van der Waals surface area contributed by atoms with Gasteiger partial charge in [-0.1, -0.05) is 35.9 Å². The Hall–Kier alpha value is -0.790. The van der Waals surface area contributed by atoms with E-state index in [2.05, 4.69) is 6.08 Å². The monoisotopic (exact) mass is 181 g/mol. The molecule has 0 aliphatic carbocycles. The van der Waals surface area contributed by atoms with Gasteiger partial charge in [-0.3, -0.25) is 0 Å². The molecular weight excluding hydrogens is 170 g/mol. The van der Waals surface area contributed by atoms with Crippen LogP contribution in [0.15, 0.2) is 36.4 Å². The first-order valence-corrected chi connectivity index (χ1v) is 4.30. The summed E-state index contributed by atoms with van der Waals surface area (Å²) >= 11 is 5.73. The molecule has 0 aliphatic rings. The SMILES string of the molecule is NC/C=C/Cc1ccc(Cl)cc1. The van der Waals surface area contributed by atoms with Crippen molar-refractivity contribution in [3.8, 4) is 0 Å². The van der Waals surface area contributed by atoms with Crippen LogP contribution in [-0.4, -0.2) is 6.54 Å². The van der Waals surface area contributed by atoms with Gasteiger partial charge in [0.1, 0.15) is 0 Å². The van der Waals surface area contributed by atoms with Gasteiger partial charge in [-0.05, 0) is 24.1 Å². The molecule has 0 bridgehead atoms. The summed E-state index contributed by atoms with van der Waals surface area (Å²) in [5.74, 6) is 0. The number of halogens is 1. The number of allylic oxidation sites excluding steroid dienone is 1. The molecular formula is C10H12ClN. The zero-order valence-electron chi connectivity index (χ0n) is 6.83. The van der Waals surface area contributed by atoms with Crippen molar-refractivity contribution < 1.29 is 0 Å². The summed E-state index contributed by atoms with van der Waals surface area (Å²) in [5, 5.41) is 0.779. The molecule has 1 aromatic rings. The van der Waals surface area contributed by atoms with Crippen molar-refractivity contribution in [3.63, 3.8) is 0 Å². The summed E-state index contributed by atoms with van der Waals surface area (Å²) in [6, 6.07) is 7.83. The fourth-order valence-electron chi connectivity index (χ4n) is 0.936. The minimum absolute atomic E-state index is 0.605. The zero-order chi connectivity index (χ0) is 8.81. The number of hydrogen-bond acceptors (Lipinski definition) is 1. The van der Waals surface area contributed by atoms with Crippen LogP contribution in [0.5, 0.6) is 0 Å². The maximum atomic E-state index is 5.73. The Bertz CT molecular complexity index is 251. The zero-order valence-corrected chi connectivity index (χ0v) is 7.59. The predicted octanol–water partition coefficient (Wildman–Crippen LogP) is 2.40. The minimum Gasteiger partial charge on any atom is -0.327 e. The summed E-state index contributed by atoms with van der Waals surface area (Å²) in [6.07, 6.45) is 4.94. The summed E-state index contributed by atoms with van der Waals surface area (Å²) < 4.78 is 0. The van der Waals surface area contributed by atoms with Crippen LogP contribution in [-0.2, 0) is 6.42 Å². The third kappa shape index (κ3) is 3.07. The molecule has 0 aromatic heterocycles. The maximum absolute atomic E-state index is 5.73. The van der Waals surface area contributed by atoms with Crippen molar-refractivity contribution in [2.75, 3.05) is 6.54 Å². The van der Waals surface area contributed by atoms with E-state index in [0.29, 0.717) is 6.54 Å². The molecule has 0 heterocycles. The summed E-state index contributed by atoms with van der Waals surface area (Å²) in [7, 11) is 0. The van der Waals surface area contributed by atoms with Crippen LogP contribution >= 0.6 is 11.6 Å². The van der Waals surface area contributed by atoms with Crippen molar-refractivity contribution in [2.45, 2.75) is 6.42 Å². The molecule has 1 nitrogen and oxygen atoms in total. The number of benzene rings is 1. The Kier molecular flexibility index (Phi) is 3.85. The highest BCUT2D eigenvalue weighted by Crippen LogP contribution is 2.09. The molecule has 0 spiro atoms. The van der Waals surface area contributed by atoms with Crippen LogP contribution in [0.4, 0.5) is 0 Å². The van der Waals surface area contributed by atoms with Gasteiger partial charge in [0, 0.05) is 11.6 Å². The van der Waals surface area contributed by atoms with Crippen LogP contribution in [0, 0.1) is 0 Å². The third-order valence-electron chi connectivity index (χ3n) is 1.57. The molecule has 0 fully saturated rings. The highest BCUT2D eigenvalue weighted by molar-refractivity contribution is 6.30. The van der Waals surface area contributed by atoms with Crippen molar-refractivity contribution in [1.29, 1.82) is 0 Å². The van der Waals surface area contributed by atoms with Crippen molar-refractivity contribution in [1.82, 2.24) is 0 Å². The minimum atomic E-state index is 0.605. The first-order valence-electron chi connectivity index (χ1n) is 3.92. The number of hydrogen-bond donors (Lipinski definition) is 1. The standard InChI is InChI=1S/C10H12ClN/c11-10-6-4-9(5-7-10)3-1-2-8-12/h1-2,4-7H,3,8,12H2/b2-1+. The second kappa shape index (κ2) is 4.96. The molecule has 1 aromatic carbocycles. The molecule has 12 heavy (non-hydrogen) atoms. The molecule has 0 amide bonds. The molecule has 0 unspecified atom stereocenters. The van der Waals surface area contributed by atoms with Gasteiger partial charge in [-0.15, -0.1) is 0 Å². The fraction of sp³-hybridized carbons (Fsp3) is 0.200. The highest BCUT2D eigenvalue weighted by Gasteiger charge is 1.88. The quantitative estimate of drug-likeness (QED) is 0.713. The lowest BCUT2D eigenvalue weighted by Crippen LogP contribution is -1.92. The molecule has 0 radical (unpaired) electrons. The highest BCUT2D eigenvalue weighted by atomic mass is 35.5. The van der Waals surface area contributed by atoms with E-state index < -0.39 is 0 Å². The van der Waals surface area contributed by atoms with E-state index >= 15 is 0 Å². The molecule has 64 valence electrons. The molecule has 2 N–H and O–H groups in total. The average Bonchev–Trinajstić information content (AvgIpc) is 2.09. The van der Waals surface area contributed by atoms with Gasteiger partial charge in [-0.2, -0.15) is 0 Å². The summed E-state index contributed by atoms with van der Waals surface area (Å²) in [4.78, 5) is 0. The van der Waals surface area contributed by atoms with Crippen molar-refractivity contribution in [2.24, 2.45) is 5.73 Å². The predicted molar refractivity (Wildman–Crippen MR) is 53.4 cm³/mol. The topological polar surface area (TPSA) is 26.0 Å². The number of nitrogens with two attached hydrogens (primary N) is 1. The Morgan fingerprint density at radius 2 is 1.83 bits per heavy atom. The second-order valence-corrected chi connectivity index (χ2v) is 2.97. The van der Waals surface area contributed by atoms with E-state index in [0.717, 1.165) is 11.4 Å². The first-order chi connectivity index (χ1) is 5.83. The van der Waals surface area contributed by atoms with E-state index in [1.54, 1.807) is 0 Å². The lowest BCUT2D eigenvalue weighted by molar-refractivity contribution is 1.20. The smallest absolute Gasteiger partial charge is 0.0406 e. The summed E-state index contributed by atoms with van der Waals surface area (Å²) in [6.45, 7) is 0.605. The van der Waals surface area contributed by atoms with Crippen LogP contribution in [0.1, 0.15) is 5.56 Å². The van der Waals surface area contributed by atoms with Gasteiger partial charge < -0.3 is 5.73 Å². The van der Waals surface area contributed by atoms with Crippen molar-refractivity contribution in [3.05, 3.63) is 47.0 Å². The third-order valence-corrected chi connectivity index (χ3v) is 1.82. The molecule has 0 atom stereocenters. The van der Waals surface area contributed by atoms with Crippen LogP contribution in [0.25, 0.3) is 0 Å². The van der Waals surface area contributed by atoms with Crippen LogP contribution < -0.4 is 5.73 Å². The average molecular weight is 182 g/mol.